The predicted molar refractivity (Wildman–Crippen MR) is 64.7 cm³/mol. The molecule has 0 radical (unpaired) electrons. The van der Waals surface area contributed by atoms with Crippen LogP contribution in [0.5, 0.6) is 11.6 Å². The maximum atomic E-state index is 11.2. The van der Waals surface area contributed by atoms with E-state index in [9.17, 15) is 10.0 Å². The molecular formula is C12H9ClN2O3. The van der Waals surface area contributed by atoms with Gasteiger partial charge in [-0.25, -0.2) is 0 Å². The summed E-state index contributed by atoms with van der Waals surface area (Å²) in [5, 5.41) is 14.7. The van der Waals surface area contributed by atoms with E-state index in [0.717, 1.165) is 0 Å². The monoisotopic (exact) mass is 264 g/mol. The molecule has 0 saturated heterocycles. The molecule has 0 aliphatic rings. The van der Waals surface area contributed by atoms with Crippen LogP contribution in [-0.2, 0) is 0 Å². The van der Waals surface area contributed by atoms with E-state index in [4.69, 9.17) is 16.3 Å². The molecule has 18 heavy (non-hydrogen) atoms. The second-order valence-electron chi connectivity index (χ2n) is 3.55. The normalized spacial score (nSPS) is 10.1. The SMILES string of the molecule is CC(=O)c1cccc(Oc2ccc(Cl)[n+]([O-])n2)c1. The third kappa shape index (κ3) is 2.75. The molecule has 0 bridgehead atoms. The Labute approximate surface area is 108 Å². The lowest BCUT2D eigenvalue weighted by molar-refractivity contribution is -0.667. The molecule has 1 aromatic heterocycles. The van der Waals surface area contributed by atoms with Crippen molar-refractivity contribution in [2.75, 3.05) is 0 Å². The molecule has 0 amide bonds. The fourth-order valence-electron chi connectivity index (χ4n) is 1.33. The first-order valence-electron chi connectivity index (χ1n) is 5.11. The smallest absolute Gasteiger partial charge is 0.313 e. The molecule has 0 atom stereocenters. The molecule has 0 aliphatic heterocycles. The summed E-state index contributed by atoms with van der Waals surface area (Å²) in [5.74, 6) is 0.469. The maximum absolute atomic E-state index is 11.2. The Hall–Kier alpha value is -2.14. The largest absolute Gasteiger partial charge is 0.593 e. The summed E-state index contributed by atoms with van der Waals surface area (Å²) in [7, 11) is 0. The van der Waals surface area contributed by atoms with Gasteiger partial charge in [0.15, 0.2) is 5.78 Å². The molecule has 0 aliphatic carbocycles. The number of carbonyl (C=O) groups excluding carboxylic acids is 1. The molecule has 2 rings (SSSR count). The van der Waals surface area contributed by atoms with Gasteiger partial charge in [0, 0.05) is 17.7 Å². The molecule has 1 heterocycles. The predicted octanol–water partition coefficient (Wildman–Crippen LogP) is 2.36. The van der Waals surface area contributed by atoms with Crippen LogP contribution in [0.15, 0.2) is 36.4 Å². The number of ether oxygens (including phenoxy) is 1. The van der Waals surface area contributed by atoms with Crippen LogP contribution >= 0.6 is 11.6 Å². The van der Waals surface area contributed by atoms with Crippen molar-refractivity contribution in [3.63, 3.8) is 0 Å². The highest BCUT2D eigenvalue weighted by molar-refractivity contribution is 6.28. The van der Waals surface area contributed by atoms with Gasteiger partial charge in [0.1, 0.15) is 5.75 Å². The van der Waals surface area contributed by atoms with Crippen molar-refractivity contribution in [3.8, 4) is 11.6 Å². The second-order valence-corrected chi connectivity index (χ2v) is 3.94. The van der Waals surface area contributed by atoms with E-state index in [1.165, 1.54) is 19.1 Å². The summed E-state index contributed by atoms with van der Waals surface area (Å²) in [4.78, 5) is 11.5. The van der Waals surface area contributed by atoms with Crippen LogP contribution in [0.2, 0.25) is 5.15 Å². The van der Waals surface area contributed by atoms with Gasteiger partial charge in [-0.3, -0.25) is 4.79 Å². The minimum absolute atomic E-state index is 0.0418. The number of carbonyl (C=O) groups is 1. The molecular weight excluding hydrogens is 256 g/mol. The fourth-order valence-corrected chi connectivity index (χ4v) is 1.43. The lowest BCUT2D eigenvalue weighted by Crippen LogP contribution is -2.32. The van der Waals surface area contributed by atoms with Crippen LogP contribution in [0.3, 0.4) is 0 Å². The number of hydrogen-bond donors (Lipinski definition) is 0. The molecule has 2 aromatic rings. The standard InChI is InChI=1S/C12H9ClN2O3/c1-8(16)9-3-2-4-10(7-9)18-12-6-5-11(13)15(17)14-12/h2-7H,1H3. The molecule has 0 spiro atoms. The van der Waals surface area contributed by atoms with E-state index in [1.54, 1.807) is 24.3 Å². The zero-order valence-corrected chi connectivity index (χ0v) is 10.2. The molecule has 6 heteroatoms. The molecule has 1 aromatic carbocycles. The number of benzene rings is 1. The van der Waals surface area contributed by atoms with Gasteiger partial charge < -0.3 is 9.94 Å². The average molecular weight is 265 g/mol. The number of nitrogens with zero attached hydrogens (tertiary/aromatic N) is 2. The van der Waals surface area contributed by atoms with Crippen molar-refractivity contribution in [2.24, 2.45) is 0 Å². The molecule has 0 saturated carbocycles. The first kappa shape index (κ1) is 12.3. The van der Waals surface area contributed by atoms with Crippen LogP contribution in [0, 0.1) is 5.21 Å². The quantitative estimate of drug-likeness (QED) is 0.485. The van der Waals surface area contributed by atoms with Crippen LogP contribution in [0.25, 0.3) is 0 Å². The number of aromatic nitrogens is 2. The second kappa shape index (κ2) is 5.01. The van der Waals surface area contributed by atoms with Gasteiger partial charge in [-0.2, -0.15) is 0 Å². The topological polar surface area (TPSA) is 66.1 Å². The lowest BCUT2D eigenvalue weighted by atomic mass is 10.1. The van der Waals surface area contributed by atoms with Crippen molar-refractivity contribution < 1.29 is 14.4 Å². The maximum Gasteiger partial charge on any atom is 0.313 e. The van der Waals surface area contributed by atoms with Gasteiger partial charge in [0.25, 0.3) is 5.88 Å². The van der Waals surface area contributed by atoms with E-state index < -0.39 is 0 Å². The molecule has 92 valence electrons. The van der Waals surface area contributed by atoms with Crippen molar-refractivity contribution in [1.82, 2.24) is 5.10 Å². The summed E-state index contributed by atoms with van der Waals surface area (Å²) in [5.41, 5.74) is 0.525. The fraction of sp³-hybridized carbons (Fsp3) is 0.0833. The van der Waals surface area contributed by atoms with Gasteiger partial charge in [-0.15, -0.1) is 0 Å². The van der Waals surface area contributed by atoms with Crippen LogP contribution in [-0.4, -0.2) is 10.9 Å². The molecule has 0 unspecified atom stereocenters. The summed E-state index contributed by atoms with van der Waals surface area (Å²) in [6.07, 6.45) is 0. The van der Waals surface area contributed by atoms with Crippen molar-refractivity contribution >= 4 is 17.4 Å². The Kier molecular flexibility index (Phi) is 3.43. The van der Waals surface area contributed by atoms with Gasteiger partial charge in [-0.05, 0) is 35.5 Å². The minimum atomic E-state index is -0.0663. The van der Waals surface area contributed by atoms with Gasteiger partial charge in [0.2, 0.25) is 0 Å². The summed E-state index contributed by atoms with van der Waals surface area (Å²) >= 11 is 5.54. The summed E-state index contributed by atoms with van der Waals surface area (Å²) < 4.78 is 5.36. The highest BCUT2D eigenvalue weighted by Crippen LogP contribution is 2.20. The van der Waals surface area contributed by atoms with Crippen molar-refractivity contribution in [2.45, 2.75) is 6.92 Å². The Bertz CT molecular complexity index is 602. The number of halogens is 1. The number of Topliss-reactive ketones (excluding diaryl/α,β-unsaturated/α-hetero) is 1. The highest BCUT2D eigenvalue weighted by Gasteiger charge is 2.08. The third-order valence-corrected chi connectivity index (χ3v) is 2.47. The van der Waals surface area contributed by atoms with E-state index in [0.29, 0.717) is 11.3 Å². The Morgan fingerprint density at radius 2 is 2.17 bits per heavy atom. The zero-order chi connectivity index (χ0) is 13.1. The van der Waals surface area contributed by atoms with Gasteiger partial charge >= 0.3 is 5.15 Å². The minimum Gasteiger partial charge on any atom is -0.593 e. The van der Waals surface area contributed by atoms with Crippen LogP contribution < -0.4 is 9.58 Å². The lowest BCUT2D eigenvalue weighted by Gasteiger charge is -2.04. The summed E-state index contributed by atoms with van der Waals surface area (Å²) in [6.45, 7) is 1.46. The number of ketones is 1. The first-order valence-corrected chi connectivity index (χ1v) is 5.49. The Balaban J connectivity index is 2.25. The van der Waals surface area contributed by atoms with E-state index in [2.05, 4.69) is 5.10 Å². The summed E-state index contributed by atoms with van der Waals surface area (Å²) in [6, 6.07) is 9.46. The van der Waals surface area contributed by atoms with Crippen LogP contribution in [0.1, 0.15) is 17.3 Å². The Morgan fingerprint density at radius 3 is 2.83 bits per heavy atom. The van der Waals surface area contributed by atoms with Crippen molar-refractivity contribution in [3.05, 3.63) is 52.3 Å². The molecule has 5 nitrogen and oxygen atoms in total. The molecule has 0 N–H and O–H groups in total. The van der Waals surface area contributed by atoms with Crippen molar-refractivity contribution in [1.29, 1.82) is 0 Å². The van der Waals surface area contributed by atoms with E-state index >= 15 is 0 Å². The highest BCUT2D eigenvalue weighted by atomic mass is 35.5. The number of hydrogen-bond acceptors (Lipinski definition) is 4. The Morgan fingerprint density at radius 1 is 1.39 bits per heavy atom. The average Bonchev–Trinajstić information content (AvgIpc) is 2.34. The van der Waals surface area contributed by atoms with E-state index in [-0.39, 0.29) is 21.7 Å². The number of rotatable bonds is 3. The first-order chi connectivity index (χ1) is 8.56. The third-order valence-electron chi connectivity index (χ3n) is 2.20. The zero-order valence-electron chi connectivity index (χ0n) is 9.46. The van der Waals surface area contributed by atoms with Gasteiger partial charge in [0.05, 0.1) is 5.10 Å². The van der Waals surface area contributed by atoms with E-state index in [1.807, 2.05) is 0 Å². The van der Waals surface area contributed by atoms with Gasteiger partial charge in [-0.1, -0.05) is 12.1 Å². The molecule has 0 fully saturated rings. The van der Waals surface area contributed by atoms with Crippen LogP contribution in [0.4, 0.5) is 0 Å².